The summed E-state index contributed by atoms with van der Waals surface area (Å²) in [6, 6.07) is 16.7. The predicted octanol–water partition coefficient (Wildman–Crippen LogP) is 3.76. The highest BCUT2D eigenvalue weighted by atomic mass is 16.5. The first kappa shape index (κ1) is 14.9. The third-order valence-electron chi connectivity index (χ3n) is 4.31. The molecular weight excluding hydrogens is 272 g/mol. The van der Waals surface area contributed by atoms with Crippen molar-refractivity contribution in [2.75, 3.05) is 23.7 Å². The van der Waals surface area contributed by atoms with E-state index in [1.165, 1.54) is 16.8 Å². The Bertz CT molecular complexity index is 584. The number of nitrogens with two attached hydrogens (primary N) is 1. The van der Waals surface area contributed by atoms with Crippen molar-refractivity contribution in [3.63, 3.8) is 0 Å². The summed E-state index contributed by atoms with van der Waals surface area (Å²) in [4.78, 5) is 2.41. The van der Waals surface area contributed by atoms with E-state index in [1.807, 2.05) is 12.1 Å². The van der Waals surface area contributed by atoms with Gasteiger partial charge in [0.15, 0.2) is 0 Å². The zero-order valence-electron chi connectivity index (χ0n) is 13.2. The number of hydrogen-bond acceptors (Lipinski definition) is 3. The molecule has 1 aliphatic rings. The SMILES string of the molecule is Cc1ccc(COC2CCN(c3ccc(N)cc3)CC2)cc1. The lowest BCUT2D eigenvalue weighted by atomic mass is 10.1. The summed E-state index contributed by atoms with van der Waals surface area (Å²) >= 11 is 0. The average molecular weight is 296 g/mol. The Balaban J connectivity index is 1.47. The molecule has 1 heterocycles. The molecule has 0 atom stereocenters. The van der Waals surface area contributed by atoms with Crippen LogP contribution in [0.2, 0.25) is 0 Å². The number of aryl methyl sites for hydroxylation is 1. The van der Waals surface area contributed by atoms with Crippen LogP contribution in [0.25, 0.3) is 0 Å². The van der Waals surface area contributed by atoms with Crippen molar-refractivity contribution in [1.82, 2.24) is 0 Å². The zero-order valence-corrected chi connectivity index (χ0v) is 13.2. The van der Waals surface area contributed by atoms with Crippen LogP contribution in [0, 0.1) is 6.92 Å². The number of hydrogen-bond donors (Lipinski definition) is 1. The third-order valence-corrected chi connectivity index (χ3v) is 4.31. The van der Waals surface area contributed by atoms with Crippen LogP contribution in [0.4, 0.5) is 11.4 Å². The second-order valence-corrected chi connectivity index (χ2v) is 6.07. The monoisotopic (exact) mass is 296 g/mol. The van der Waals surface area contributed by atoms with E-state index in [9.17, 15) is 0 Å². The molecule has 116 valence electrons. The highest BCUT2D eigenvalue weighted by molar-refractivity contribution is 5.53. The summed E-state index contributed by atoms with van der Waals surface area (Å²) in [6.07, 6.45) is 2.53. The van der Waals surface area contributed by atoms with Crippen LogP contribution in [0.15, 0.2) is 48.5 Å². The van der Waals surface area contributed by atoms with Crippen LogP contribution >= 0.6 is 0 Å². The fraction of sp³-hybridized carbons (Fsp3) is 0.368. The molecule has 2 aromatic rings. The van der Waals surface area contributed by atoms with E-state index in [0.29, 0.717) is 12.7 Å². The molecule has 3 nitrogen and oxygen atoms in total. The second-order valence-electron chi connectivity index (χ2n) is 6.07. The first-order valence-corrected chi connectivity index (χ1v) is 7.98. The molecule has 1 aliphatic heterocycles. The highest BCUT2D eigenvalue weighted by Crippen LogP contribution is 2.23. The van der Waals surface area contributed by atoms with E-state index in [0.717, 1.165) is 31.6 Å². The smallest absolute Gasteiger partial charge is 0.0720 e. The zero-order chi connectivity index (χ0) is 15.4. The molecule has 1 saturated heterocycles. The van der Waals surface area contributed by atoms with Gasteiger partial charge < -0.3 is 15.4 Å². The molecule has 22 heavy (non-hydrogen) atoms. The standard InChI is InChI=1S/C19H24N2O/c1-15-2-4-16(5-3-15)14-22-19-10-12-21(13-11-19)18-8-6-17(20)7-9-18/h2-9,19H,10-14,20H2,1H3. The van der Waals surface area contributed by atoms with Gasteiger partial charge in [0, 0.05) is 24.5 Å². The summed E-state index contributed by atoms with van der Waals surface area (Å²) in [6.45, 7) is 4.91. The third kappa shape index (κ3) is 3.80. The quantitative estimate of drug-likeness (QED) is 0.873. The van der Waals surface area contributed by atoms with Gasteiger partial charge in [-0.15, -0.1) is 0 Å². The number of anilines is 2. The maximum absolute atomic E-state index is 6.07. The molecule has 0 saturated carbocycles. The topological polar surface area (TPSA) is 38.5 Å². The van der Waals surface area contributed by atoms with Crippen molar-refractivity contribution in [1.29, 1.82) is 0 Å². The van der Waals surface area contributed by atoms with Crippen molar-refractivity contribution >= 4 is 11.4 Å². The van der Waals surface area contributed by atoms with E-state index in [2.05, 4.69) is 48.2 Å². The Labute approximate surface area is 132 Å². The summed E-state index contributed by atoms with van der Waals surface area (Å²) in [5.74, 6) is 0. The van der Waals surface area contributed by atoms with Gasteiger partial charge in [0.05, 0.1) is 12.7 Å². The van der Waals surface area contributed by atoms with E-state index >= 15 is 0 Å². The Kier molecular flexibility index (Phi) is 4.64. The number of rotatable bonds is 4. The van der Waals surface area contributed by atoms with Gasteiger partial charge in [-0.25, -0.2) is 0 Å². The molecule has 3 rings (SSSR count). The number of piperidine rings is 1. The molecule has 2 aromatic carbocycles. The Morgan fingerprint density at radius 3 is 2.27 bits per heavy atom. The van der Waals surface area contributed by atoms with Crippen LogP contribution in [-0.2, 0) is 11.3 Å². The second kappa shape index (κ2) is 6.84. The number of benzene rings is 2. The van der Waals surface area contributed by atoms with E-state index in [4.69, 9.17) is 10.5 Å². The van der Waals surface area contributed by atoms with E-state index < -0.39 is 0 Å². The van der Waals surface area contributed by atoms with Gasteiger partial charge in [-0.2, -0.15) is 0 Å². The van der Waals surface area contributed by atoms with Crippen molar-refractivity contribution < 1.29 is 4.74 Å². The number of nitrogens with zero attached hydrogens (tertiary/aromatic N) is 1. The summed E-state index contributed by atoms with van der Waals surface area (Å²) in [7, 11) is 0. The van der Waals surface area contributed by atoms with Crippen LogP contribution in [0.1, 0.15) is 24.0 Å². The highest BCUT2D eigenvalue weighted by Gasteiger charge is 2.19. The lowest BCUT2D eigenvalue weighted by Crippen LogP contribution is -2.36. The molecule has 0 amide bonds. The maximum Gasteiger partial charge on any atom is 0.0720 e. The van der Waals surface area contributed by atoms with Gasteiger partial charge in [0.2, 0.25) is 0 Å². The van der Waals surface area contributed by atoms with E-state index in [-0.39, 0.29) is 0 Å². The fourth-order valence-electron chi connectivity index (χ4n) is 2.86. The Morgan fingerprint density at radius 2 is 1.64 bits per heavy atom. The molecular formula is C19H24N2O. The Hall–Kier alpha value is -2.00. The minimum absolute atomic E-state index is 0.367. The lowest BCUT2D eigenvalue weighted by molar-refractivity contribution is 0.0251. The molecule has 0 bridgehead atoms. The molecule has 0 radical (unpaired) electrons. The largest absolute Gasteiger partial charge is 0.399 e. The lowest BCUT2D eigenvalue weighted by Gasteiger charge is -2.33. The van der Waals surface area contributed by atoms with Gasteiger partial charge in [-0.1, -0.05) is 29.8 Å². The van der Waals surface area contributed by atoms with Crippen molar-refractivity contribution in [2.45, 2.75) is 32.5 Å². The summed E-state index contributed by atoms with van der Waals surface area (Å²) < 4.78 is 6.07. The molecule has 3 heteroatoms. The summed E-state index contributed by atoms with van der Waals surface area (Å²) in [5, 5.41) is 0. The van der Waals surface area contributed by atoms with Crippen molar-refractivity contribution in [3.8, 4) is 0 Å². The molecule has 2 N–H and O–H groups in total. The molecule has 0 unspecified atom stereocenters. The van der Waals surface area contributed by atoms with Gasteiger partial charge in [-0.3, -0.25) is 0 Å². The summed E-state index contributed by atoms with van der Waals surface area (Å²) in [5.41, 5.74) is 10.4. The first-order valence-electron chi connectivity index (χ1n) is 7.98. The van der Waals surface area contributed by atoms with Gasteiger partial charge in [0.25, 0.3) is 0 Å². The van der Waals surface area contributed by atoms with Crippen molar-refractivity contribution in [3.05, 3.63) is 59.7 Å². The normalized spacial score (nSPS) is 16.0. The van der Waals surface area contributed by atoms with E-state index in [1.54, 1.807) is 0 Å². The first-order chi connectivity index (χ1) is 10.7. The van der Waals surface area contributed by atoms with Gasteiger partial charge >= 0.3 is 0 Å². The van der Waals surface area contributed by atoms with Crippen LogP contribution in [0.5, 0.6) is 0 Å². The fourth-order valence-corrected chi connectivity index (χ4v) is 2.86. The molecule has 0 aromatic heterocycles. The minimum atomic E-state index is 0.367. The predicted molar refractivity (Wildman–Crippen MR) is 92.1 cm³/mol. The maximum atomic E-state index is 6.07. The molecule has 0 spiro atoms. The van der Waals surface area contributed by atoms with Crippen molar-refractivity contribution in [2.24, 2.45) is 0 Å². The Morgan fingerprint density at radius 1 is 1.00 bits per heavy atom. The van der Waals surface area contributed by atoms with Crippen LogP contribution in [-0.4, -0.2) is 19.2 Å². The van der Waals surface area contributed by atoms with Crippen LogP contribution < -0.4 is 10.6 Å². The number of nitrogen functional groups attached to an aromatic ring is 1. The number of ether oxygens (including phenoxy) is 1. The van der Waals surface area contributed by atoms with Gasteiger partial charge in [0.1, 0.15) is 0 Å². The molecule has 0 aliphatic carbocycles. The van der Waals surface area contributed by atoms with Gasteiger partial charge in [-0.05, 0) is 49.6 Å². The minimum Gasteiger partial charge on any atom is -0.399 e. The molecule has 1 fully saturated rings. The average Bonchev–Trinajstić information content (AvgIpc) is 2.56. The van der Waals surface area contributed by atoms with Crippen LogP contribution in [0.3, 0.4) is 0 Å².